The molecule has 4 rings (SSSR count). The van der Waals surface area contributed by atoms with Crippen molar-refractivity contribution in [2.24, 2.45) is 5.92 Å². The van der Waals surface area contributed by atoms with E-state index >= 15 is 0 Å². The molecule has 0 spiro atoms. The zero-order valence-electron chi connectivity index (χ0n) is 16.8. The second-order valence-corrected chi connectivity index (χ2v) is 8.18. The SMILES string of the molecule is O=C(CC(c1ccc(F)cc1)C1CCCCC1)N1CCN(c2ncccn2)CC1. The van der Waals surface area contributed by atoms with E-state index in [2.05, 4.69) is 14.9 Å². The number of nitrogens with zero attached hydrogens (tertiary/aromatic N) is 4. The van der Waals surface area contributed by atoms with Crippen LogP contribution in [0.4, 0.5) is 10.3 Å². The van der Waals surface area contributed by atoms with Crippen LogP contribution in [0.5, 0.6) is 0 Å². The van der Waals surface area contributed by atoms with Crippen molar-refractivity contribution in [2.45, 2.75) is 44.4 Å². The van der Waals surface area contributed by atoms with Crippen molar-refractivity contribution in [3.63, 3.8) is 0 Å². The third kappa shape index (κ3) is 4.92. The van der Waals surface area contributed by atoms with Gasteiger partial charge in [0, 0.05) is 45.0 Å². The van der Waals surface area contributed by atoms with Crippen LogP contribution in [0.1, 0.15) is 50.0 Å². The Labute approximate surface area is 172 Å². The number of carbonyl (C=O) groups excluding carboxylic acids is 1. The van der Waals surface area contributed by atoms with Crippen molar-refractivity contribution in [2.75, 3.05) is 31.1 Å². The van der Waals surface area contributed by atoms with Crippen LogP contribution in [0.2, 0.25) is 0 Å². The maximum atomic E-state index is 13.4. The van der Waals surface area contributed by atoms with Gasteiger partial charge in [0.2, 0.25) is 11.9 Å². The number of halogens is 1. The van der Waals surface area contributed by atoms with Crippen LogP contribution in [-0.4, -0.2) is 47.0 Å². The van der Waals surface area contributed by atoms with Crippen LogP contribution in [0.25, 0.3) is 0 Å². The third-order valence-electron chi connectivity index (χ3n) is 6.38. The van der Waals surface area contributed by atoms with Gasteiger partial charge in [-0.2, -0.15) is 0 Å². The molecule has 1 aromatic heterocycles. The first-order valence-corrected chi connectivity index (χ1v) is 10.8. The minimum Gasteiger partial charge on any atom is -0.339 e. The Bertz CT molecular complexity index is 784. The quantitative estimate of drug-likeness (QED) is 0.766. The van der Waals surface area contributed by atoms with Crippen LogP contribution >= 0.6 is 0 Å². The Hall–Kier alpha value is -2.50. The number of hydrogen-bond donors (Lipinski definition) is 0. The number of anilines is 1. The highest BCUT2D eigenvalue weighted by Crippen LogP contribution is 2.38. The normalized spacial score (nSPS) is 19.2. The molecule has 2 fully saturated rings. The van der Waals surface area contributed by atoms with Gasteiger partial charge in [0.1, 0.15) is 5.82 Å². The fourth-order valence-electron chi connectivity index (χ4n) is 4.73. The number of benzene rings is 1. The van der Waals surface area contributed by atoms with Crippen LogP contribution in [0.3, 0.4) is 0 Å². The van der Waals surface area contributed by atoms with Gasteiger partial charge < -0.3 is 9.80 Å². The summed E-state index contributed by atoms with van der Waals surface area (Å²) in [5.74, 6) is 1.40. The summed E-state index contributed by atoms with van der Waals surface area (Å²) in [5, 5.41) is 0. The Morgan fingerprint density at radius 2 is 1.66 bits per heavy atom. The zero-order valence-corrected chi connectivity index (χ0v) is 16.8. The number of piperazine rings is 1. The molecule has 0 radical (unpaired) electrons. The summed E-state index contributed by atoms with van der Waals surface area (Å²) in [6.45, 7) is 2.89. The minimum atomic E-state index is -0.221. The minimum absolute atomic E-state index is 0.180. The number of hydrogen-bond acceptors (Lipinski definition) is 4. The Morgan fingerprint density at radius 3 is 2.31 bits per heavy atom. The Balaban J connectivity index is 1.40. The first-order chi connectivity index (χ1) is 14.2. The summed E-state index contributed by atoms with van der Waals surface area (Å²) in [7, 11) is 0. The standard InChI is InChI=1S/C23H29FN4O/c24-20-9-7-19(8-10-20)21(18-5-2-1-3-6-18)17-22(29)27-13-15-28(16-14-27)23-25-11-4-12-26-23/h4,7-12,18,21H,1-3,5-6,13-17H2. The van der Waals surface area contributed by atoms with E-state index in [4.69, 9.17) is 0 Å². The summed E-state index contributed by atoms with van der Waals surface area (Å²) in [6, 6.07) is 8.59. The highest BCUT2D eigenvalue weighted by molar-refractivity contribution is 5.77. The van der Waals surface area contributed by atoms with E-state index in [0.717, 1.165) is 37.4 Å². The lowest BCUT2D eigenvalue weighted by atomic mass is 9.75. The molecule has 29 heavy (non-hydrogen) atoms. The van der Waals surface area contributed by atoms with Crippen LogP contribution in [0.15, 0.2) is 42.7 Å². The van der Waals surface area contributed by atoms with Crippen molar-refractivity contribution in [1.82, 2.24) is 14.9 Å². The summed E-state index contributed by atoms with van der Waals surface area (Å²) in [4.78, 5) is 25.9. The maximum absolute atomic E-state index is 13.4. The molecule has 2 aliphatic rings. The molecule has 1 aliphatic carbocycles. The number of aromatic nitrogens is 2. The van der Waals surface area contributed by atoms with Crippen molar-refractivity contribution in [1.29, 1.82) is 0 Å². The molecule has 1 saturated carbocycles. The average molecular weight is 397 g/mol. The molecule has 2 aromatic rings. The summed E-state index contributed by atoms with van der Waals surface area (Å²) in [5.41, 5.74) is 1.10. The molecule has 0 bridgehead atoms. The van der Waals surface area contributed by atoms with E-state index in [1.165, 1.54) is 31.4 Å². The second-order valence-electron chi connectivity index (χ2n) is 8.18. The van der Waals surface area contributed by atoms with Gasteiger partial charge in [-0.15, -0.1) is 0 Å². The summed E-state index contributed by atoms with van der Waals surface area (Å²) in [6.07, 6.45) is 10.1. The molecule has 5 nitrogen and oxygen atoms in total. The molecule has 154 valence electrons. The van der Waals surface area contributed by atoms with Crippen LogP contribution in [-0.2, 0) is 4.79 Å². The predicted octanol–water partition coefficient (Wildman–Crippen LogP) is 4.02. The molecule has 1 atom stereocenters. The fourth-order valence-corrected chi connectivity index (χ4v) is 4.73. The van der Waals surface area contributed by atoms with Gasteiger partial charge in [-0.25, -0.2) is 14.4 Å². The van der Waals surface area contributed by atoms with Gasteiger partial charge >= 0.3 is 0 Å². The van der Waals surface area contributed by atoms with Crippen molar-refractivity contribution in [3.05, 3.63) is 54.1 Å². The molecule has 6 heteroatoms. The molecular weight excluding hydrogens is 367 g/mol. The first kappa shape index (κ1) is 19.8. The van der Waals surface area contributed by atoms with Crippen LogP contribution < -0.4 is 4.90 Å². The highest BCUT2D eigenvalue weighted by Gasteiger charge is 2.30. The van der Waals surface area contributed by atoms with Crippen molar-refractivity contribution in [3.8, 4) is 0 Å². The van der Waals surface area contributed by atoms with E-state index in [9.17, 15) is 9.18 Å². The molecule has 1 unspecified atom stereocenters. The molecular formula is C23H29FN4O. The third-order valence-corrected chi connectivity index (χ3v) is 6.38. The summed E-state index contributed by atoms with van der Waals surface area (Å²) < 4.78 is 13.4. The van der Waals surface area contributed by atoms with Gasteiger partial charge in [-0.1, -0.05) is 31.4 Å². The Kier molecular flexibility index (Phi) is 6.37. The molecule has 1 aromatic carbocycles. The van der Waals surface area contributed by atoms with E-state index in [1.54, 1.807) is 12.4 Å². The smallest absolute Gasteiger partial charge is 0.225 e. The van der Waals surface area contributed by atoms with E-state index in [1.807, 2.05) is 23.1 Å². The molecule has 1 saturated heterocycles. The summed E-state index contributed by atoms with van der Waals surface area (Å²) >= 11 is 0. The number of rotatable bonds is 5. The molecule has 2 heterocycles. The largest absolute Gasteiger partial charge is 0.339 e. The lowest BCUT2D eigenvalue weighted by Crippen LogP contribution is -2.49. The van der Waals surface area contributed by atoms with E-state index < -0.39 is 0 Å². The predicted molar refractivity (Wildman–Crippen MR) is 111 cm³/mol. The monoisotopic (exact) mass is 396 g/mol. The van der Waals surface area contributed by atoms with Gasteiger partial charge in [0.15, 0.2) is 0 Å². The number of carbonyl (C=O) groups is 1. The number of amides is 1. The van der Waals surface area contributed by atoms with E-state index in [0.29, 0.717) is 25.4 Å². The first-order valence-electron chi connectivity index (χ1n) is 10.8. The topological polar surface area (TPSA) is 49.3 Å². The lowest BCUT2D eigenvalue weighted by Gasteiger charge is -2.36. The van der Waals surface area contributed by atoms with Gasteiger partial charge in [0.25, 0.3) is 0 Å². The van der Waals surface area contributed by atoms with Gasteiger partial charge in [-0.3, -0.25) is 4.79 Å². The second kappa shape index (κ2) is 9.33. The molecule has 0 N–H and O–H groups in total. The van der Waals surface area contributed by atoms with Gasteiger partial charge in [0.05, 0.1) is 0 Å². The van der Waals surface area contributed by atoms with E-state index in [-0.39, 0.29) is 17.6 Å². The van der Waals surface area contributed by atoms with Crippen molar-refractivity contribution < 1.29 is 9.18 Å². The Morgan fingerprint density at radius 1 is 1.00 bits per heavy atom. The maximum Gasteiger partial charge on any atom is 0.225 e. The van der Waals surface area contributed by atoms with Gasteiger partial charge in [-0.05, 0) is 48.4 Å². The lowest BCUT2D eigenvalue weighted by molar-refractivity contribution is -0.132. The van der Waals surface area contributed by atoms with Crippen LogP contribution in [0, 0.1) is 11.7 Å². The zero-order chi connectivity index (χ0) is 20.1. The van der Waals surface area contributed by atoms with Crippen molar-refractivity contribution >= 4 is 11.9 Å². The molecule has 1 aliphatic heterocycles. The fraction of sp³-hybridized carbons (Fsp3) is 0.522. The molecule has 1 amide bonds. The average Bonchev–Trinajstić information content (AvgIpc) is 2.79. The highest BCUT2D eigenvalue weighted by atomic mass is 19.1.